The zero-order valence-corrected chi connectivity index (χ0v) is 17.5. The van der Waals surface area contributed by atoms with Crippen molar-refractivity contribution in [3.05, 3.63) is 64.0 Å². The van der Waals surface area contributed by atoms with Crippen molar-refractivity contribution in [2.75, 3.05) is 27.2 Å². The molecule has 1 heterocycles. The summed E-state index contributed by atoms with van der Waals surface area (Å²) in [5.74, 6) is -2.65. The van der Waals surface area contributed by atoms with E-state index < -0.39 is 29.1 Å². The van der Waals surface area contributed by atoms with Crippen LogP contribution in [0.25, 0.3) is 5.69 Å². The van der Waals surface area contributed by atoms with Crippen LogP contribution in [0.5, 0.6) is 5.88 Å². The van der Waals surface area contributed by atoms with Gasteiger partial charge >= 0.3 is 18.1 Å². The number of benzene rings is 1. The maximum absolute atomic E-state index is 12.9. The molecule has 0 saturated carbocycles. The lowest BCUT2D eigenvalue weighted by Gasteiger charge is -2.14. The molecule has 0 aliphatic carbocycles. The summed E-state index contributed by atoms with van der Waals surface area (Å²) in [5, 5.41) is 19.7. The molecule has 9 nitrogen and oxygen atoms in total. The Morgan fingerprint density at radius 2 is 1.75 bits per heavy atom. The van der Waals surface area contributed by atoms with Gasteiger partial charge in [0.1, 0.15) is 6.61 Å². The molecule has 1 aromatic heterocycles. The molecule has 1 aromatic carbocycles. The summed E-state index contributed by atoms with van der Waals surface area (Å²) in [7, 11) is 3.71. The van der Waals surface area contributed by atoms with E-state index in [-0.39, 0.29) is 18.2 Å². The number of aliphatic carboxylic acids is 2. The average Bonchev–Trinajstić information content (AvgIpc) is 2.68. The van der Waals surface area contributed by atoms with E-state index in [1.807, 2.05) is 19.0 Å². The van der Waals surface area contributed by atoms with Gasteiger partial charge in [-0.25, -0.2) is 14.3 Å². The first-order valence-electron chi connectivity index (χ1n) is 9.01. The van der Waals surface area contributed by atoms with Crippen LogP contribution in [-0.2, 0) is 15.8 Å². The van der Waals surface area contributed by atoms with Gasteiger partial charge in [-0.1, -0.05) is 6.07 Å². The molecule has 0 bridgehead atoms. The average molecular weight is 457 g/mol. The number of aromatic nitrogens is 2. The largest absolute Gasteiger partial charge is 0.478 e. The lowest BCUT2D eigenvalue weighted by Crippen LogP contribution is -2.23. The number of carboxylic acid groups (broad SMARTS) is 2. The van der Waals surface area contributed by atoms with E-state index in [2.05, 4.69) is 5.10 Å². The third-order valence-corrected chi connectivity index (χ3v) is 3.64. The van der Waals surface area contributed by atoms with Gasteiger partial charge in [-0.3, -0.25) is 4.79 Å². The number of rotatable bonds is 7. The fraction of sp³-hybridized carbons (Fsp3) is 0.300. The van der Waals surface area contributed by atoms with Crippen molar-refractivity contribution in [3.8, 4) is 11.6 Å². The van der Waals surface area contributed by atoms with Gasteiger partial charge < -0.3 is 19.8 Å². The predicted molar refractivity (Wildman–Crippen MR) is 108 cm³/mol. The fourth-order valence-corrected chi connectivity index (χ4v) is 2.17. The Hall–Kier alpha value is -3.67. The smallest absolute Gasteiger partial charge is 0.416 e. The second-order valence-corrected chi connectivity index (χ2v) is 6.58. The first-order valence-corrected chi connectivity index (χ1v) is 9.01. The topological polar surface area (TPSA) is 122 Å². The van der Waals surface area contributed by atoms with Gasteiger partial charge in [-0.05, 0) is 39.2 Å². The van der Waals surface area contributed by atoms with E-state index in [4.69, 9.17) is 14.9 Å². The van der Waals surface area contributed by atoms with Crippen LogP contribution in [0.2, 0.25) is 0 Å². The Morgan fingerprint density at radius 1 is 1.16 bits per heavy atom. The molecular formula is C20H22F3N3O6. The maximum Gasteiger partial charge on any atom is 0.416 e. The van der Waals surface area contributed by atoms with E-state index in [9.17, 15) is 27.6 Å². The molecule has 0 spiro atoms. The van der Waals surface area contributed by atoms with Crippen molar-refractivity contribution in [1.29, 1.82) is 0 Å². The number of likely N-dealkylation sites (N-methyl/N-ethyl adjacent to an activating group) is 1. The van der Waals surface area contributed by atoms with Gasteiger partial charge in [0, 0.05) is 30.5 Å². The van der Waals surface area contributed by atoms with Crippen LogP contribution in [0.4, 0.5) is 13.2 Å². The van der Waals surface area contributed by atoms with Crippen LogP contribution in [0.3, 0.4) is 0 Å². The first kappa shape index (κ1) is 26.4. The van der Waals surface area contributed by atoms with Crippen LogP contribution in [-0.4, -0.2) is 64.1 Å². The Bertz CT molecular complexity index is 1020. The van der Waals surface area contributed by atoms with E-state index in [0.29, 0.717) is 24.4 Å². The molecule has 0 unspecified atom stereocenters. The molecule has 0 aliphatic heterocycles. The highest BCUT2D eigenvalue weighted by atomic mass is 19.4. The summed E-state index contributed by atoms with van der Waals surface area (Å²) in [5.41, 5.74) is -0.566. The summed E-state index contributed by atoms with van der Waals surface area (Å²) in [6.07, 6.45) is -3.33. The molecule has 0 aliphatic rings. The number of alkyl halides is 3. The number of hydrogen-bond donors (Lipinski definition) is 2. The Labute approximate surface area is 181 Å². The zero-order valence-electron chi connectivity index (χ0n) is 17.5. The van der Waals surface area contributed by atoms with E-state index in [1.54, 1.807) is 6.92 Å². The van der Waals surface area contributed by atoms with E-state index in [0.717, 1.165) is 12.1 Å². The molecule has 2 N–H and O–H groups in total. The number of aryl methyl sites for hydroxylation is 1. The zero-order chi connectivity index (χ0) is 24.5. The van der Waals surface area contributed by atoms with Crippen molar-refractivity contribution < 1.29 is 37.7 Å². The molecule has 0 amide bonds. The van der Waals surface area contributed by atoms with Crippen LogP contribution >= 0.6 is 0 Å². The molecular weight excluding hydrogens is 435 g/mol. The highest BCUT2D eigenvalue weighted by Crippen LogP contribution is 2.30. The van der Waals surface area contributed by atoms with Crippen LogP contribution < -0.4 is 10.2 Å². The first-order chi connectivity index (χ1) is 14.8. The van der Waals surface area contributed by atoms with Crippen molar-refractivity contribution in [2.45, 2.75) is 13.1 Å². The highest BCUT2D eigenvalue weighted by molar-refractivity contribution is 5.89. The molecule has 2 aromatic rings. The third kappa shape index (κ3) is 9.00. The predicted octanol–water partition coefficient (Wildman–Crippen LogP) is 2.21. The SMILES string of the molecule is Cc1cc(=O)c(OCCN(C)C)nn1-c1cccc(C(F)(F)F)c1.O=C(O)C=CC(=O)O. The van der Waals surface area contributed by atoms with Gasteiger partial charge in [0.05, 0.1) is 11.3 Å². The van der Waals surface area contributed by atoms with Crippen LogP contribution in [0.1, 0.15) is 11.3 Å². The summed E-state index contributed by atoms with van der Waals surface area (Å²) >= 11 is 0. The van der Waals surface area contributed by atoms with Crippen LogP contribution in [0.15, 0.2) is 47.3 Å². The minimum atomic E-state index is -4.45. The standard InChI is InChI=1S/C16H18F3N3O2.C4H4O4/c1-11-9-14(23)15(24-8-7-21(2)3)20-22(11)13-6-4-5-12(10-13)16(17,18)19;5-3(6)1-2-4(7)8/h4-6,9-10H,7-8H2,1-3H3;1-2H,(H,5,6)(H,7,8). The molecule has 0 saturated heterocycles. The van der Waals surface area contributed by atoms with Gasteiger partial charge in [-0.2, -0.15) is 13.2 Å². The normalized spacial score (nSPS) is 11.2. The Balaban J connectivity index is 0.000000547. The van der Waals surface area contributed by atoms with Crippen molar-refractivity contribution in [2.24, 2.45) is 0 Å². The number of halogens is 3. The minimum Gasteiger partial charge on any atom is -0.478 e. The number of carboxylic acids is 2. The molecule has 12 heteroatoms. The molecule has 174 valence electrons. The quantitative estimate of drug-likeness (QED) is 0.607. The lowest BCUT2D eigenvalue weighted by molar-refractivity contribution is -0.137. The lowest BCUT2D eigenvalue weighted by atomic mass is 10.2. The number of hydrogen-bond acceptors (Lipinski definition) is 6. The number of carbonyl (C=O) groups is 2. The van der Waals surface area contributed by atoms with Crippen LogP contribution in [0, 0.1) is 6.92 Å². The summed E-state index contributed by atoms with van der Waals surface area (Å²) in [6, 6.07) is 6.04. The number of nitrogens with zero attached hydrogens (tertiary/aromatic N) is 3. The van der Waals surface area contributed by atoms with Gasteiger partial charge in [-0.15, -0.1) is 5.10 Å². The van der Waals surface area contributed by atoms with E-state index >= 15 is 0 Å². The molecule has 2 rings (SSSR count). The van der Waals surface area contributed by atoms with E-state index in [1.165, 1.54) is 22.9 Å². The molecule has 0 radical (unpaired) electrons. The summed E-state index contributed by atoms with van der Waals surface area (Å²) in [4.78, 5) is 32.9. The number of ether oxygens (including phenoxy) is 1. The van der Waals surface area contributed by atoms with Crippen molar-refractivity contribution in [1.82, 2.24) is 14.7 Å². The fourth-order valence-electron chi connectivity index (χ4n) is 2.17. The highest BCUT2D eigenvalue weighted by Gasteiger charge is 2.30. The Morgan fingerprint density at radius 3 is 2.25 bits per heavy atom. The van der Waals surface area contributed by atoms with Crippen molar-refractivity contribution in [3.63, 3.8) is 0 Å². The van der Waals surface area contributed by atoms with Gasteiger partial charge in [0.15, 0.2) is 0 Å². The molecule has 0 atom stereocenters. The monoisotopic (exact) mass is 457 g/mol. The molecule has 32 heavy (non-hydrogen) atoms. The minimum absolute atomic E-state index is 0.139. The van der Waals surface area contributed by atoms with Gasteiger partial charge in [0.25, 0.3) is 5.88 Å². The molecule has 0 fully saturated rings. The second kappa shape index (κ2) is 11.6. The summed E-state index contributed by atoms with van der Waals surface area (Å²) < 4.78 is 45.2. The second-order valence-electron chi connectivity index (χ2n) is 6.58. The summed E-state index contributed by atoms with van der Waals surface area (Å²) in [6.45, 7) is 2.43. The Kier molecular flexibility index (Phi) is 9.60. The van der Waals surface area contributed by atoms with Crippen molar-refractivity contribution >= 4 is 11.9 Å². The third-order valence-electron chi connectivity index (χ3n) is 3.64. The van der Waals surface area contributed by atoms with Gasteiger partial charge in [0.2, 0.25) is 5.43 Å². The maximum atomic E-state index is 12.9.